The number of anilines is 1. The summed E-state index contributed by atoms with van der Waals surface area (Å²) in [5.74, 6) is -0.467. The van der Waals surface area contributed by atoms with E-state index in [1.165, 1.54) is 4.90 Å². The molecule has 2 aromatic rings. The summed E-state index contributed by atoms with van der Waals surface area (Å²) in [6.45, 7) is 6.33. The van der Waals surface area contributed by atoms with Crippen LogP contribution in [-0.4, -0.2) is 30.3 Å². The summed E-state index contributed by atoms with van der Waals surface area (Å²) in [5.41, 5.74) is 2.36. The number of hydrogen-bond acceptors (Lipinski definition) is 2. The molecule has 0 unspecified atom stereocenters. The van der Waals surface area contributed by atoms with Gasteiger partial charge in [-0.15, -0.1) is 0 Å². The average molecular weight is 359 g/mol. The van der Waals surface area contributed by atoms with Gasteiger partial charge in [0.25, 0.3) is 5.91 Å². The van der Waals surface area contributed by atoms with E-state index in [-0.39, 0.29) is 23.8 Å². The first-order chi connectivity index (χ1) is 11.7. The third kappa shape index (κ3) is 5.33. The molecule has 132 valence electrons. The van der Waals surface area contributed by atoms with Crippen molar-refractivity contribution in [3.8, 4) is 0 Å². The Morgan fingerprint density at radius 3 is 2.28 bits per heavy atom. The summed E-state index contributed by atoms with van der Waals surface area (Å²) in [5, 5.41) is 3.27. The fourth-order valence-corrected chi connectivity index (χ4v) is 2.58. The van der Waals surface area contributed by atoms with E-state index in [0.29, 0.717) is 16.3 Å². The average Bonchev–Trinajstić information content (AvgIpc) is 2.53. The molecule has 1 N–H and O–H groups in total. The lowest BCUT2D eigenvalue weighted by atomic mass is 9.86. The number of benzene rings is 2. The molecule has 0 saturated carbocycles. The third-order valence-corrected chi connectivity index (χ3v) is 4.07. The SMILES string of the molecule is CN(CC(=O)Nc1cccc(Cl)c1)C(=O)c1ccc(C(C)(C)C)cc1. The summed E-state index contributed by atoms with van der Waals surface area (Å²) < 4.78 is 0. The van der Waals surface area contributed by atoms with Crippen LogP contribution in [0.5, 0.6) is 0 Å². The van der Waals surface area contributed by atoms with E-state index in [0.717, 1.165) is 5.56 Å². The Bertz CT molecular complexity index is 764. The first kappa shape index (κ1) is 19.0. The normalized spacial score (nSPS) is 11.1. The van der Waals surface area contributed by atoms with Gasteiger partial charge in [-0.25, -0.2) is 0 Å². The summed E-state index contributed by atoms with van der Waals surface area (Å²) in [4.78, 5) is 26.0. The molecule has 0 fully saturated rings. The van der Waals surface area contributed by atoms with Crippen molar-refractivity contribution in [3.63, 3.8) is 0 Å². The molecule has 2 amide bonds. The number of carbonyl (C=O) groups excluding carboxylic acids is 2. The van der Waals surface area contributed by atoms with Crippen LogP contribution in [0.4, 0.5) is 5.69 Å². The largest absolute Gasteiger partial charge is 0.332 e. The Morgan fingerprint density at radius 1 is 1.08 bits per heavy atom. The number of halogens is 1. The van der Waals surface area contributed by atoms with E-state index < -0.39 is 0 Å². The van der Waals surface area contributed by atoms with Crippen LogP contribution in [0, 0.1) is 0 Å². The van der Waals surface area contributed by atoms with Crippen LogP contribution in [0.25, 0.3) is 0 Å². The highest BCUT2D eigenvalue weighted by Gasteiger charge is 2.17. The molecular formula is C20H23ClN2O2. The Hall–Kier alpha value is -2.33. The van der Waals surface area contributed by atoms with Gasteiger partial charge in [0.15, 0.2) is 0 Å². The lowest BCUT2D eigenvalue weighted by Crippen LogP contribution is -2.35. The van der Waals surface area contributed by atoms with Gasteiger partial charge in [0.1, 0.15) is 0 Å². The quantitative estimate of drug-likeness (QED) is 0.883. The lowest BCUT2D eigenvalue weighted by molar-refractivity contribution is -0.116. The lowest BCUT2D eigenvalue weighted by Gasteiger charge is -2.20. The molecule has 0 aromatic heterocycles. The molecule has 0 radical (unpaired) electrons. The molecule has 0 heterocycles. The van der Waals surface area contributed by atoms with Crippen LogP contribution in [0.2, 0.25) is 5.02 Å². The van der Waals surface area contributed by atoms with E-state index in [4.69, 9.17) is 11.6 Å². The predicted molar refractivity (Wildman–Crippen MR) is 102 cm³/mol. The molecule has 0 atom stereocenters. The van der Waals surface area contributed by atoms with Crippen LogP contribution in [0.15, 0.2) is 48.5 Å². The number of hydrogen-bond donors (Lipinski definition) is 1. The second-order valence-corrected chi connectivity index (χ2v) is 7.48. The molecule has 0 aliphatic carbocycles. The second-order valence-electron chi connectivity index (χ2n) is 7.05. The van der Waals surface area contributed by atoms with Crippen LogP contribution in [0.1, 0.15) is 36.7 Å². The Kier molecular flexibility index (Phi) is 5.85. The van der Waals surface area contributed by atoms with E-state index in [1.807, 2.05) is 12.1 Å². The Morgan fingerprint density at radius 2 is 1.72 bits per heavy atom. The van der Waals surface area contributed by atoms with Crippen molar-refractivity contribution in [1.82, 2.24) is 4.90 Å². The first-order valence-electron chi connectivity index (χ1n) is 8.08. The molecule has 4 nitrogen and oxygen atoms in total. The van der Waals surface area contributed by atoms with Gasteiger partial charge in [0.05, 0.1) is 6.54 Å². The number of amides is 2. The minimum Gasteiger partial charge on any atom is -0.332 e. The van der Waals surface area contributed by atoms with E-state index in [9.17, 15) is 9.59 Å². The molecule has 5 heteroatoms. The highest BCUT2D eigenvalue weighted by molar-refractivity contribution is 6.30. The number of nitrogens with one attached hydrogen (secondary N) is 1. The van der Waals surface area contributed by atoms with Crippen molar-refractivity contribution in [1.29, 1.82) is 0 Å². The number of carbonyl (C=O) groups is 2. The van der Waals surface area contributed by atoms with E-state index in [2.05, 4.69) is 26.1 Å². The highest BCUT2D eigenvalue weighted by atomic mass is 35.5. The highest BCUT2D eigenvalue weighted by Crippen LogP contribution is 2.22. The van der Waals surface area contributed by atoms with Crippen LogP contribution in [-0.2, 0) is 10.2 Å². The van der Waals surface area contributed by atoms with Gasteiger partial charge >= 0.3 is 0 Å². The van der Waals surface area contributed by atoms with Crippen molar-refractivity contribution in [2.75, 3.05) is 18.9 Å². The second kappa shape index (κ2) is 7.70. The molecular weight excluding hydrogens is 336 g/mol. The minimum atomic E-state index is -0.274. The van der Waals surface area contributed by atoms with Crippen molar-refractivity contribution in [2.24, 2.45) is 0 Å². The molecule has 0 aliphatic heterocycles. The van der Waals surface area contributed by atoms with Crippen molar-refractivity contribution < 1.29 is 9.59 Å². The maximum Gasteiger partial charge on any atom is 0.254 e. The number of nitrogens with zero attached hydrogens (tertiary/aromatic N) is 1. The van der Waals surface area contributed by atoms with Gasteiger partial charge in [0, 0.05) is 23.3 Å². The first-order valence-corrected chi connectivity index (χ1v) is 8.46. The van der Waals surface area contributed by atoms with E-state index >= 15 is 0 Å². The number of rotatable bonds is 4. The van der Waals surface area contributed by atoms with Crippen molar-refractivity contribution >= 4 is 29.1 Å². The van der Waals surface area contributed by atoms with Crippen LogP contribution in [0.3, 0.4) is 0 Å². The maximum atomic E-state index is 12.5. The zero-order valence-electron chi connectivity index (χ0n) is 15.0. The summed E-state index contributed by atoms with van der Waals surface area (Å²) >= 11 is 5.89. The Labute approximate surface area is 153 Å². The zero-order chi connectivity index (χ0) is 18.6. The van der Waals surface area contributed by atoms with Crippen molar-refractivity contribution in [3.05, 3.63) is 64.7 Å². The van der Waals surface area contributed by atoms with Gasteiger partial charge in [-0.1, -0.05) is 50.6 Å². The maximum absolute atomic E-state index is 12.5. The molecule has 2 rings (SSSR count). The number of likely N-dealkylation sites (N-methyl/N-ethyl adjacent to an activating group) is 1. The van der Waals surface area contributed by atoms with Gasteiger partial charge < -0.3 is 10.2 Å². The minimum absolute atomic E-state index is 0.0321. The molecule has 0 spiro atoms. The summed E-state index contributed by atoms with van der Waals surface area (Å²) in [6.07, 6.45) is 0. The molecule has 2 aromatic carbocycles. The van der Waals surface area contributed by atoms with Gasteiger partial charge in [-0.05, 0) is 41.3 Å². The predicted octanol–water partition coefficient (Wildman–Crippen LogP) is 4.35. The van der Waals surface area contributed by atoms with Gasteiger partial charge in [-0.2, -0.15) is 0 Å². The van der Waals surface area contributed by atoms with Crippen LogP contribution >= 0.6 is 11.6 Å². The summed E-state index contributed by atoms with van der Waals surface area (Å²) in [7, 11) is 1.61. The monoisotopic (exact) mass is 358 g/mol. The standard InChI is InChI=1S/C20H23ClN2O2/c1-20(2,3)15-10-8-14(9-11-15)19(25)23(4)13-18(24)22-17-7-5-6-16(21)12-17/h5-12H,13H2,1-4H3,(H,22,24). The molecule has 25 heavy (non-hydrogen) atoms. The smallest absolute Gasteiger partial charge is 0.254 e. The molecule has 0 saturated heterocycles. The van der Waals surface area contributed by atoms with E-state index in [1.54, 1.807) is 43.4 Å². The van der Waals surface area contributed by atoms with Gasteiger partial charge in [-0.3, -0.25) is 9.59 Å². The third-order valence-electron chi connectivity index (χ3n) is 3.83. The fraction of sp³-hybridized carbons (Fsp3) is 0.300. The van der Waals surface area contributed by atoms with Gasteiger partial charge in [0.2, 0.25) is 5.91 Å². The Balaban J connectivity index is 1.98. The molecule has 0 bridgehead atoms. The molecule has 0 aliphatic rings. The fourth-order valence-electron chi connectivity index (χ4n) is 2.39. The zero-order valence-corrected chi connectivity index (χ0v) is 15.7. The van der Waals surface area contributed by atoms with Crippen LogP contribution < -0.4 is 5.32 Å². The topological polar surface area (TPSA) is 49.4 Å². The van der Waals surface area contributed by atoms with Crippen molar-refractivity contribution in [2.45, 2.75) is 26.2 Å². The summed E-state index contributed by atoms with van der Waals surface area (Å²) in [6, 6.07) is 14.4.